The van der Waals surface area contributed by atoms with Crippen LogP contribution in [0.2, 0.25) is 0 Å². The lowest BCUT2D eigenvalue weighted by molar-refractivity contribution is 0.0137. The number of guanidine groups is 1. The van der Waals surface area contributed by atoms with Gasteiger partial charge in [-0.05, 0) is 39.7 Å². The lowest BCUT2D eigenvalue weighted by Crippen LogP contribution is -2.57. The Hall–Kier alpha value is -2.51. The number of rotatable bonds is 5. The largest absolute Gasteiger partial charge is 0.444 e. The number of carbonyl (C=O) groups is 1. The van der Waals surface area contributed by atoms with E-state index in [2.05, 4.69) is 15.2 Å². The van der Waals surface area contributed by atoms with Crippen molar-refractivity contribution in [3.05, 3.63) is 34.7 Å². The van der Waals surface area contributed by atoms with Crippen molar-refractivity contribution >= 4 is 12.1 Å². The summed E-state index contributed by atoms with van der Waals surface area (Å²) in [7, 11) is 0. The highest BCUT2D eigenvalue weighted by Crippen LogP contribution is 2.18. The molecule has 0 saturated carbocycles. The molecule has 8 heteroatoms. The standard InChI is InChI=1S/C20H31N5O3/c1-20(2,3)28-19(27)24-12-13-25-16(15-24)14-22-18(25)21-9-5-7-11-23-10-6-4-8-17(23)26/h4,6,8,10,16H,5,7,9,11-15H2,1-3H3,(H,21,22). The van der Waals surface area contributed by atoms with Gasteiger partial charge >= 0.3 is 6.09 Å². The Morgan fingerprint density at radius 2 is 2.11 bits per heavy atom. The zero-order valence-corrected chi connectivity index (χ0v) is 17.1. The minimum absolute atomic E-state index is 0.0429. The summed E-state index contributed by atoms with van der Waals surface area (Å²) in [5.74, 6) is 0.922. The molecule has 2 aliphatic rings. The van der Waals surface area contributed by atoms with E-state index in [9.17, 15) is 9.59 Å². The van der Waals surface area contributed by atoms with Gasteiger partial charge in [0.05, 0.1) is 12.6 Å². The first-order valence-corrected chi connectivity index (χ1v) is 10.0. The molecule has 154 valence electrons. The highest BCUT2D eigenvalue weighted by atomic mass is 16.6. The number of piperazine rings is 1. The zero-order chi connectivity index (χ0) is 20.1. The van der Waals surface area contributed by atoms with E-state index >= 15 is 0 Å². The predicted molar refractivity (Wildman–Crippen MR) is 109 cm³/mol. The van der Waals surface area contributed by atoms with Crippen molar-refractivity contribution in [1.82, 2.24) is 19.7 Å². The molecule has 1 unspecified atom stereocenters. The molecule has 1 saturated heterocycles. The summed E-state index contributed by atoms with van der Waals surface area (Å²) >= 11 is 0. The van der Waals surface area contributed by atoms with Crippen LogP contribution in [0.15, 0.2) is 34.2 Å². The number of ether oxygens (including phenoxy) is 1. The predicted octanol–water partition coefficient (Wildman–Crippen LogP) is 1.51. The van der Waals surface area contributed by atoms with Crippen LogP contribution in [0, 0.1) is 0 Å². The normalized spacial score (nSPS) is 19.2. The molecule has 1 N–H and O–H groups in total. The van der Waals surface area contributed by atoms with E-state index in [1.807, 2.05) is 33.0 Å². The van der Waals surface area contributed by atoms with Gasteiger partial charge in [-0.1, -0.05) is 6.07 Å². The average Bonchev–Trinajstić information content (AvgIpc) is 3.04. The SMILES string of the molecule is CC(C)(C)OC(=O)N1CCN2C(NCCCCn3ccccc3=O)=NCC2C1. The number of nitrogens with zero attached hydrogens (tertiary/aromatic N) is 4. The maximum absolute atomic E-state index is 12.3. The maximum Gasteiger partial charge on any atom is 0.410 e. The molecule has 1 atom stereocenters. The minimum atomic E-state index is -0.474. The molecular formula is C20H31N5O3. The highest BCUT2D eigenvalue weighted by molar-refractivity contribution is 5.82. The van der Waals surface area contributed by atoms with E-state index in [0.717, 1.165) is 38.4 Å². The third-order valence-corrected chi connectivity index (χ3v) is 4.87. The Morgan fingerprint density at radius 3 is 2.86 bits per heavy atom. The number of aliphatic imine (C=N–C) groups is 1. The number of nitrogens with one attached hydrogen (secondary N) is 1. The number of aromatic nitrogens is 1. The van der Waals surface area contributed by atoms with Crippen LogP contribution in [0.5, 0.6) is 0 Å². The molecule has 1 fully saturated rings. The van der Waals surface area contributed by atoms with E-state index in [0.29, 0.717) is 19.6 Å². The van der Waals surface area contributed by atoms with Gasteiger partial charge in [0.25, 0.3) is 0 Å². The van der Waals surface area contributed by atoms with Crippen molar-refractivity contribution in [3.8, 4) is 0 Å². The van der Waals surface area contributed by atoms with E-state index < -0.39 is 5.60 Å². The molecule has 2 aliphatic heterocycles. The van der Waals surface area contributed by atoms with Gasteiger partial charge in [-0.2, -0.15) is 0 Å². The quantitative estimate of drug-likeness (QED) is 0.773. The number of hydrogen-bond donors (Lipinski definition) is 1. The van der Waals surface area contributed by atoms with Gasteiger partial charge < -0.3 is 24.4 Å². The second-order valence-corrected chi connectivity index (χ2v) is 8.30. The number of unbranched alkanes of at least 4 members (excludes halogenated alkanes) is 1. The van der Waals surface area contributed by atoms with Crippen LogP contribution in [-0.4, -0.2) is 70.8 Å². The number of amides is 1. The first kappa shape index (κ1) is 20.2. The molecule has 0 spiro atoms. The third-order valence-electron chi connectivity index (χ3n) is 4.87. The summed E-state index contributed by atoms with van der Waals surface area (Å²) in [5, 5.41) is 3.42. The van der Waals surface area contributed by atoms with Gasteiger partial charge in [-0.15, -0.1) is 0 Å². The Bertz CT molecular complexity index is 768. The van der Waals surface area contributed by atoms with Gasteiger partial charge in [0, 0.05) is 45.0 Å². The fourth-order valence-electron chi connectivity index (χ4n) is 3.48. The number of fused-ring (bicyclic) bond motifs is 1. The molecule has 8 nitrogen and oxygen atoms in total. The van der Waals surface area contributed by atoms with E-state index in [1.54, 1.807) is 21.6 Å². The summed E-state index contributed by atoms with van der Waals surface area (Å²) in [5.41, 5.74) is -0.431. The second kappa shape index (κ2) is 8.67. The molecule has 28 heavy (non-hydrogen) atoms. The molecule has 0 radical (unpaired) electrons. The van der Waals surface area contributed by atoms with Crippen LogP contribution in [0.25, 0.3) is 0 Å². The fraction of sp³-hybridized carbons (Fsp3) is 0.650. The van der Waals surface area contributed by atoms with E-state index in [4.69, 9.17) is 4.74 Å². The number of aryl methyl sites for hydroxylation is 1. The highest BCUT2D eigenvalue weighted by Gasteiger charge is 2.36. The summed E-state index contributed by atoms with van der Waals surface area (Å²) in [4.78, 5) is 32.6. The molecule has 3 rings (SSSR count). The van der Waals surface area contributed by atoms with E-state index in [-0.39, 0.29) is 17.7 Å². The third kappa shape index (κ3) is 5.27. The lowest BCUT2D eigenvalue weighted by Gasteiger charge is -2.39. The molecule has 0 aliphatic carbocycles. The van der Waals surface area contributed by atoms with Crippen LogP contribution in [0.3, 0.4) is 0 Å². The molecule has 1 aromatic heterocycles. The Labute approximate surface area is 166 Å². The molecule has 1 aromatic rings. The fourth-order valence-corrected chi connectivity index (χ4v) is 3.48. The summed E-state index contributed by atoms with van der Waals surface area (Å²) in [6.45, 7) is 9.94. The maximum atomic E-state index is 12.3. The van der Waals surface area contributed by atoms with Crippen molar-refractivity contribution in [3.63, 3.8) is 0 Å². The Kier molecular flexibility index (Phi) is 6.26. The van der Waals surface area contributed by atoms with Crippen LogP contribution in [-0.2, 0) is 11.3 Å². The number of hydrogen-bond acceptors (Lipinski definition) is 6. The van der Waals surface area contributed by atoms with Crippen molar-refractivity contribution in [2.75, 3.05) is 32.7 Å². The van der Waals surface area contributed by atoms with Gasteiger partial charge in [-0.3, -0.25) is 9.79 Å². The summed E-state index contributed by atoms with van der Waals surface area (Å²) in [6.07, 6.45) is 3.47. The Balaban J connectivity index is 1.38. The second-order valence-electron chi connectivity index (χ2n) is 8.30. The topological polar surface area (TPSA) is 79.2 Å². The zero-order valence-electron chi connectivity index (χ0n) is 17.1. The molecular weight excluding hydrogens is 358 g/mol. The van der Waals surface area contributed by atoms with Gasteiger partial charge in [0.15, 0.2) is 5.96 Å². The molecule has 3 heterocycles. The smallest absolute Gasteiger partial charge is 0.410 e. The van der Waals surface area contributed by atoms with Crippen molar-refractivity contribution in [2.45, 2.75) is 51.8 Å². The first-order valence-electron chi connectivity index (χ1n) is 10.0. The van der Waals surface area contributed by atoms with Crippen molar-refractivity contribution < 1.29 is 9.53 Å². The first-order chi connectivity index (χ1) is 13.3. The molecule has 0 bridgehead atoms. The van der Waals surface area contributed by atoms with Gasteiger partial charge in [0.1, 0.15) is 5.60 Å². The van der Waals surface area contributed by atoms with Crippen molar-refractivity contribution in [1.29, 1.82) is 0 Å². The van der Waals surface area contributed by atoms with Crippen molar-refractivity contribution in [2.24, 2.45) is 4.99 Å². The Morgan fingerprint density at radius 1 is 1.29 bits per heavy atom. The summed E-state index contributed by atoms with van der Waals surface area (Å²) in [6, 6.07) is 5.44. The lowest BCUT2D eigenvalue weighted by atomic mass is 10.2. The van der Waals surface area contributed by atoms with Crippen LogP contribution in [0.4, 0.5) is 4.79 Å². The molecule has 1 amide bonds. The van der Waals surface area contributed by atoms with Gasteiger partial charge in [0.2, 0.25) is 5.56 Å². The summed E-state index contributed by atoms with van der Waals surface area (Å²) < 4.78 is 7.22. The number of carbonyl (C=O) groups excluding carboxylic acids is 1. The average molecular weight is 390 g/mol. The van der Waals surface area contributed by atoms with Crippen LogP contribution >= 0.6 is 0 Å². The van der Waals surface area contributed by atoms with Gasteiger partial charge in [-0.25, -0.2) is 4.79 Å². The monoisotopic (exact) mass is 389 g/mol. The van der Waals surface area contributed by atoms with Crippen LogP contribution < -0.4 is 10.9 Å². The molecule has 0 aromatic carbocycles. The number of pyridine rings is 1. The van der Waals surface area contributed by atoms with E-state index in [1.165, 1.54) is 0 Å². The van der Waals surface area contributed by atoms with Crippen LogP contribution in [0.1, 0.15) is 33.6 Å². The minimum Gasteiger partial charge on any atom is -0.444 e.